The Labute approximate surface area is 119 Å². The number of esters is 1. The summed E-state index contributed by atoms with van der Waals surface area (Å²) in [6.45, 7) is 6.08. The molecule has 1 aromatic rings. The lowest BCUT2D eigenvalue weighted by Crippen LogP contribution is -2.48. The third kappa shape index (κ3) is 4.45. The Hall–Kier alpha value is -1.17. The van der Waals surface area contributed by atoms with E-state index in [-0.39, 0.29) is 18.4 Å². The molecule has 1 aliphatic rings. The minimum atomic E-state index is -0.343. The van der Waals surface area contributed by atoms with Crippen LogP contribution in [0.3, 0.4) is 0 Å². The number of carbonyl (C=O) groups is 1. The van der Waals surface area contributed by atoms with Crippen LogP contribution in [0.4, 0.5) is 0 Å². The number of pyridine rings is 1. The van der Waals surface area contributed by atoms with Gasteiger partial charge in [-0.3, -0.25) is 9.88 Å². The molecule has 0 bridgehead atoms. The van der Waals surface area contributed by atoms with Crippen LogP contribution in [0.15, 0.2) is 18.3 Å². The molecule has 5 nitrogen and oxygen atoms in total. The molecule has 1 fully saturated rings. The fourth-order valence-corrected chi connectivity index (χ4v) is 2.14. The number of nitrogens with one attached hydrogen (secondary N) is 1. The minimum absolute atomic E-state index is 0. The molecule has 0 aliphatic carbocycles. The molecule has 0 amide bonds. The van der Waals surface area contributed by atoms with Crippen LogP contribution < -0.4 is 5.32 Å². The van der Waals surface area contributed by atoms with E-state index >= 15 is 0 Å². The Morgan fingerprint density at radius 2 is 2.37 bits per heavy atom. The number of halogens is 1. The highest BCUT2D eigenvalue weighted by molar-refractivity contribution is 5.88. The first kappa shape index (κ1) is 15.9. The maximum absolute atomic E-state index is 11.3. The maximum Gasteiger partial charge on any atom is 0.339 e. The van der Waals surface area contributed by atoms with Crippen LogP contribution in [0.1, 0.15) is 23.0 Å². The number of rotatable bonds is 3. The van der Waals surface area contributed by atoms with Crippen molar-refractivity contribution < 1.29 is 9.53 Å². The second-order valence-electron chi connectivity index (χ2n) is 4.62. The van der Waals surface area contributed by atoms with Crippen LogP contribution in [-0.4, -0.2) is 48.6 Å². The van der Waals surface area contributed by atoms with Gasteiger partial charge in [-0.1, -0.05) is 0 Å². The Bertz CT molecular complexity index is 411. The number of methoxy groups -OCH3 is 1. The molecule has 6 heteroatoms. The van der Waals surface area contributed by atoms with Crippen molar-refractivity contribution in [2.45, 2.75) is 19.5 Å². The average molecular weight is 286 g/mol. The predicted molar refractivity (Wildman–Crippen MR) is 75.6 cm³/mol. The minimum Gasteiger partial charge on any atom is -0.465 e. The first-order valence-electron chi connectivity index (χ1n) is 6.18. The van der Waals surface area contributed by atoms with Gasteiger partial charge in [0.05, 0.1) is 18.4 Å². The fraction of sp³-hybridized carbons (Fsp3) is 0.538. The van der Waals surface area contributed by atoms with E-state index in [1.807, 2.05) is 6.07 Å². The van der Waals surface area contributed by atoms with Gasteiger partial charge >= 0.3 is 5.97 Å². The van der Waals surface area contributed by atoms with E-state index < -0.39 is 0 Å². The van der Waals surface area contributed by atoms with Crippen LogP contribution in [-0.2, 0) is 11.3 Å². The molecule has 0 aromatic carbocycles. The van der Waals surface area contributed by atoms with Crippen molar-refractivity contribution in [3.05, 3.63) is 29.6 Å². The molecule has 2 heterocycles. The van der Waals surface area contributed by atoms with Crippen molar-refractivity contribution in [3.63, 3.8) is 0 Å². The molecule has 106 valence electrons. The Balaban J connectivity index is 0.00000180. The third-order valence-corrected chi connectivity index (χ3v) is 3.08. The van der Waals surface area contributed by atoms with Gasteiger partial charge < -0.3 is 10.1 Å². The molecule has 0 saturated carbocycles. The number of aromatic nitrogens is 1. The van der Waals surface area contributed by atoms with Crippen molar-refractivity contribution in [1.29, 1.82) is 0 Å². The number of hydrogen-bond donors (Lipinski definition) is 1. The molecule has 1 aromatic heterocycles. The Kier molecular flexibility index (Phi) is 6.21. The summed E-state index contributed by atoms with van der Waals surface area (Å²) in [5.41, 5.74) is 1.48. The SMILES string of the molecule is COC(=O)c1ccc(CN2CCNC(C)C2)nc1.Cl. The first-order valence-corrected chi connectivity index (χ1v) is 6.18. The fourth-order valence-electron chi connectivity index (χ4n) is 2.14. The highest BCUT2D eigenvalue weighted by Gasteiger charge is 2.16. The van der Waals surface area contributed by atoms with Gasteiger partial charge in [0.25, 0.3) is 0 Å². The summed E-state index contributed by atoms with van der Waals surface area (Å²) < 4.78 is 4.64. The van der Waals surface area contributed by atoms with Crippen molar-refractivity contribution in [2.75, 3.05) is 26.7 Å². The summed E-state index contributed by atoms with van der Waals surface area (Å²) in [7, 11) is 1.37. The molecule has 0 spiro atoms. The van der Waals surface area contributed by atoms with Crippen molar-refractivity contribution in [2.24, 2.45) is 0 Å². The van der Waals surface area contributed by atoms with Crippen LogP contribution in [0.2, 0.25) is 0 Å². The van der Waals surface area contributed by atoms with Crippen molar-refractivity contribution >= 4 is 18.4 Å². The molecular weight excluding hydrogens is 266 g/mol. The second kappa shape index (κ2) is 7.43. The third-order valence-electron chi connectivity index (χ3n) is 3.08. The van der Waals surface area contributed by atoms with Crippen molar-refractivity contribution in [1.82, 2.24) is 15.2 Å². The van der Waals surface area contributed by atoms with Gasteiger partial charge in [-0.2, -0.15) is 0 Å². The zero-order valence-corrected chi connectivity index (χ0v) is 12.1. The van der Waals surface area contributed by atoms with E-state index in [9.17, 15) is 4.79 Å². The van der Waals surface area contributed by atoms with Crippen LogP contribution in [0.25, 0.3) is 0 Å². The molecule has 1 N–H and O–H groups in total. The van der Waals surface area contributed by atoms with Gasteiger partial charge in [-0.05, 0) is 19.1 Å². The lowest BCUT2D eigenvalue weighted by molar-refractivity contribution is 0.0600. The summed E-state index contributed by atoms with van der Waals surface area (Å²) in [5, 5.41) is 3.41. The van der Waals surface area contributed by atoms with Crippen LogP contribution in [0.5, 0.6) is 0 Å². The van der Waals surface area contributed by atoms with Gasteiger partial charge in [0.1, 0.15) is 0 Å². The summed E-state index contributed by atoms with van der Waals surface area (Å²) in [6.07, 6.45) is 1.58. The first-order chi connectivity index (χ1) is 8.69. The van der Waals surface area contributed by atoms with E-state index in [4.69, 9.17) is 0 Å². The van der Waals surface area contributed by atoms with Gasteiger partial charge in [0.15, 0.2) is 0 Å². The monoisotopic (exact) mass is 285 g/mol. The topological polar surface area (TPSA) is 54.5 Å². The lowest BCUT2D eigenvalue weighted by Gasteiger charge is -2.31. The summed E-state index contributed by atoms with van der Waals surface area (Å²) >= 11 is 0. The average Bonchev–Trinajstić information content (AvgIpc) is 2.39. The number of carbonyl (C=O) groups excluding carboxylic acids is 1. The van der Waals surface area contributed by atoms with Gasteiger partial charge in [-0.15, -0.1) is 12.4 Å². The summed E-state index contributed by atoms with van der Waals surface area (Å²) in [5.74, 6) is -0.343. The predicted octanol–water partition coefficient (Wildman–Crippen LogP) is 1.08. The number of hydrogen-bond acceptors (Lipinski definition) is 5. The number of piperazine rings is 1. The van der Waals surface area contributed by atoms with Crippen LogP contribution in [0, 0.1) is 0 Å². The number of nitrogens with zero attached hydrogens (tertiary/aromatic N) is 2. The van der Waals surface area contributed by atoms with E-state index in [1.54, 1.807) is 12.3 Å². The molecule has 1 unspecified atom stereocenters. The zero-order chi connectivity index (χ0) is 13.0. The largest absolute Gasteiger partial charge is 0.465 e. The normalized spacial score (nSPS) is 19.6. The quantitative estimate of drug-likeness (QED) is 0.843. The summed E-state index contributed by atoms with van der Waals surface area (Å²) in [4.78, 5) is 17.9. The van der Waals surface area contributed by atoms with Gasteiger partial charge in [0.2, 0.25) is 0 Å². The van der Waals surface area contributed by atoms with E-state index in [0.717, 1.165) is 31.9 Å². The van der Waals surface area contributed by atoms with E-state index in [0.29, 0.717) is 11.6 Å². The highest BCUT2D eigenvalue weighted by atomic mass is 35.5. The standard InChI is InChI=1S/C13H19N3O2.ClH/c1-10-8-16(6-5-14-10)9-12-4-3-11(7-15-12)13(17)18-2;/h3-4,7,10,14H,5-6,8-9H2,1-2H3;1H. The molecule has 1 atom stereocenters. The molecule has 1 aliphatic heterocycles. The molecular formula is C13H20ClN3O2. The van der Waals surface area contributed by atoms with Crippen LogP contribution >= 0.6 is 12.4 Å². The smallest absolute Gasteiger partial charge is 0.339 e. The molecule has 19 heavy (non-hydrogen) atoms. The number of ether oxygens (including phenoxy) is 1. The van der Waals surface area contributed by atoms with Crippen molar-refractivity contribution in [3.8, 4) is 0 Å². The maximum atomic E-state index is 11.3. The van der Waals surface area contributed by atoms with Gasteiger partial charge in [-0.25, -0.2) is 4.79 Å². The zero-order valence-electron chi connectivity index (χ0n) is 11.3. The van der Waals surface area contributed by atoms with Gasteiger partial charge in [0, 0.05) is 38.4 Å². The molecule has 0 radical (unpaired) electrons. The molecule has 1 saturated heterocycles. The Morgan fingerprint density at radius 3 is 2.95 bits per heavy atom. The highest BCUT2D eigenvalue weighted by Crippen LogP contribution is 2.07. The van der Waals surface area contributed by atoms with E-state index in [2.05, 4.69) is 26.9 Å². The molecule has 2 rings (SSSR count). The second-order valence-corrected chi connectivity index (χ2v) is 4.62. The summed E-state index contributed by atoms with van der Waals surface area (Å²) in [6, 6.07) is 4.17. The lowest BCUT2D eigenvalue weighted by atomic mass is 10.2. The van der Waals surface area contributed by atoms with E-state index in [1.165, 1.54) is 7.11 Å². The Morgan fingerprint density at radius 1 is 1.58 bits per heavy atom.